The smallest absolute Gasteiger partial charge is 0.243 e. The largest absolute Gasteiger partial charge is 0.335 e. The first-order valence-electron chi connectivity index (χ1n) is 10.6. The molecule has 0 saturated carbocycles. The molecule has 2 amide bonds. The molecule has 0 aliphatic rings. The molecule has 0 saturated heterocycles. The summed E-state index contributed by atoms with van der Waals surface area (Å²) in [6.07, 6.45) is 4.24. The minimum atomic E-state index is -0.421. The Kier molecular flexibility index (Phi) is 7.99. The summed E-state index contributed by atoms with van der Waals surface area (Å²) in [6.45, 7) is 6.51. The summed E-state index contributed by atoms with van der Waals surface area (Å²) >= 11 is 1.33. The molecule has 0 aliphatic carbocycles. The number of carbonyl (C=O) groups is 2. The summed E-state index contributed by atoms with van der Waals surface area (Å²) < 4.78 is 1.97. The summed E-state index contributed by atoms with van der Waals surface area (Å²) in [5, 5.41) is 11.7. The first-order valence-corrected chi connectivity index (χ1v) is 11.5. The third kappa shape index (κ3) is 5.53. The van der Waals surface area contributed by atoms with Crippen molar-refractivity contribution < 1.29 is 9.59 Å². The zero-order chi connectivity index (χ0) is 23.1. The van der Waals surface area contributed by atoms with Crippen LogP contribution in [-0.4, -0.2) is 55.3 Å². The number of nitrogens with one attached hydrogen (secondary N) is 1. The monoisotopic (exact) mass is 452 g/mol. The van der Waals surface area contributed by atoms with E-state index in [-0.39, 0.29) is 18.4 Å². The van der Waals surface area contributed by atoms with Crippen LogP contribution in [-0.2, 0) is 22.6 Å². The Hall–Kier alpha value is -3.20. The topological polar surface area (TPSA) is 93.0 Å². The first-order chi connectivity index (χ1) is 15.4. The number of likely N-dealkylation sites (N-methyl/N-ethyl adjacent to an activating group) is 1. The number of aromatic nitrogens is 4. The van der Waals surface area contributed by atoms with Crippen molar-refractivity contribution in [3.05, 3.63) is 54.4 Å². The van der Waals surface area contributed by atoms with Crippen LogP contribution in [0, 0.1) is 0 Å². The third-order valence-corrected chi connectivity index (χ3v) is 6.10. The van der Waals surface area contributed by atoms with Crippen LogP contribution in [0.5, 0.6) is 0 Å². The second-order valence-corrected chi connectivity index (χ2v) is 8.61. The van der Waals surface area contributed by atoms with Gasteiger partial charge in [0.05, 0.1) is 11.8 Å². The summed E-state index contributed by atoms with van der Waals surface area (Å²) in [7, 11) is 1.64. The van der Waals surface area contributed by atoms with E-state index < -0.39 is 5.25 Å². The minimum Gasteiger partial charge on any atom is -0.335 e. The van der Waals surface area contributed by atoms with Gasteiger partial charge in [0.1, 0.15) is 0 Å². The molecule has 1 atom stereocenters. The fourth-order valence-electron chi connectivity index (χ4n) is 3.33. The number of pyridine rings is 1. The molecule has 1 unspecified atom stereocenters. The molecule has 9 heteroatoms. The average molecular weight is 453 g/mol. The van der Waals surface area contributed by atoms with Gasteiger partial charge in [-0.15, -0.1) is 10.2 Å². The summed E-state index contributed by atoms with van der Waals surface area (Å²) in [6, 6.07) is 11.4. The number of anilines is 1. The Labute approximate surface area is 192 Å². The van der Waals surface area contributed by atoms with Gasteiger partial charge in [-0.25, -0.2) is 0 Å². The predicted molar refractivity (Wildman–Crippen MR) is 126 cm³/mol. The maximum absolute atomic E-state index is 12.9. The van der Waals surface area contributed by atoms with Gasteiger partial charge in [-0.1, -0.05) is 36.9 Å². The standard InChI is InChI=1S/C23H28N6O2S/c1-5-17-9-7-8-10-19(17)25-20(30)15-28(4)22(31)16(3)32-23-27-26-21(29(23)6-2)18-11-13-24-14-12-18/h7-14,16H,5-6,15H2,1-4H3,(H,25,30). The van der Waals surface area contributed by atoms with Gasteiger partial charge in [0.25, 0.3) is 0 Å². The van der Waals surface area contributed by atoms with Gasteiger partial charge in [0.15, 0.2) is 11.0 Å². The van der Waals surface area contributed by atoms with Crippen LogP contribution in [0.25, 0.3) is 11.4 Å². The number of hydrogen-bond acceptors (Lipinski definition) is 6. The molecule has 3 aromatic rings. The van der Waals surface area contributed by atoms with Gasteiger partial charge in [-0.05, 0) is 44.0 Å². The van der Waals surface area contributed by atoms with Crippen molar-refractivity contribution in [1.82, 2.24) is 24.6 Å². The van der Waals surface area contributed by atoms with Crippen molar-refractivity contribution in [2.45, 2.75) is 44.1 Å². The molecule has 168 valence electrons. The van der Waals surface area contributed by atoms with E-state index in [4.69, 9.17) is 0 Å². The molecule has 0 bridgehead atoms. The number of benzene rings is 1. The van der Waals surface area contributed by atoms with E-state index in [1.807, 2.05) is 61.7 Å². The van der Waals surface area contributed by atoms with E-state index in [1.54, 1.807) is 19.4 Å². The van der Waals surface area contributed by atoms with E-state index in [2.05, 4.69) is 20.5 Å². The van der Waals surface area contributed by atoms with Crippen LogP contribution >= 0.6 is 11.8 Å². The number of nitrogens with zero attached hydrogens (tertiary/aromatic N) is 5. The second-order valence-electron chi connectivity index (χ2n) is 7.30. The number of hydrogen-bond donors (Lipinski definition) is 1. The fraction of sp³-hybridized carbons (Fsp3) is 0.348. The highest BCUT2D eigenvalue weighted by molar-refractivity contribution is 8.00. The molecule has 0 radical (unpaired) electrons. The Balaban J connectivity index is 1.63. The molecule has 32 heavy (non-hydrogen) atoms. The summed E-state index contributed by atoms with van der Waals surface area (Å²) in [5.74, 6) is 0.361. The molecular weight excluding hydrogens is 424 g/mol. The summed E-state index contributed by atoms with van der Waals surface area (Å²) in [4.78, 5) is 30.9. The lowest BCUT2D eigenvalue weighted by molar-refractivity contribution is -0.132. The molecule has 1 N–H and O–H groups in total. The quantitative estimate of drug-likeness (QED) is 0.500. The molecule has 1 aromatic carbocycles. The molecule has 3 rings (SSSR count). The number of amides is 2. The molecule has 8 nitrogen and oxygen atoms in total. The zero-order valence-corrected chi connectivity index (χ0v) is 19.6. The van der Waals surface area contributed by atoms with Crippen LogP contribution < -0.4 is 5.32 Å². The fourth-order valence-corrected chi connectivity index (χ4v) is 4.36. The number of para-hydroxylation sites is 1. The third-order valence-electron chi connectivity index (χ3n) is 5.03. The van der Waals surface area contributed by atoms with Crippen LogP contribution in [0.4, 0.5) is 5.69 Å². The van der Waals surface area contributed by atoms with E-state index >= 15 is 0 Å². The van der Waals surface area contributed by atoms with Gasteiger partial charge in [-0.3, -0.25) is 14.6 Å². The molecule has 2 heterocycles. The highest BCUT2D eigenvalue weighted by Crippen LogP contribution is 2.27. The molecule has 2 aromatic heterocycles. The summed E-state index contributed by atoms with van der Waals surface area (Å²) in [5.41, 5.74) is 2.76. The minimum absolute atomic E-state index is 0.0233. The van der Waals surface area contributed by atoms with Crippen LogP contribution in [0.2, 0.25) is 0 Å². The van der Waals surface area contributed by atoms with Crippen LogP contribution in [0.15, 0.2) is 53.9 Å². The normalized spacial score (nSPS) is 11.8. The van der Waals surface area contributed by atoms with Crippen LogP contribution in [0.3, 0.4) is 0 Å². The Morgan fingerprint density at radius 2 is 1.84 bits per heavy atom. The average Bonchev–Trinajstić information content (AvgIpc) is 3.21. The molecule has 0 spiro atoms. The van der Waals surface area contributed by atoms with Gasteiger partial charge < -0.3 is 14.8 Å². The van der Waals surface area contributed by atoms with Crippen molar-refractivity contribution in [1.29, 1.82) is 0 Å². The van der Waals surface area contributed by atoms with Crippen molar-refractivity contribution in [3.63, 3.8) is 0 Å². The van der Waals surface area contributed by atoms with E-state index in [0.29, 0.717) is 11.7 Å². The Bertz CT molecular complexity index is 1070. The molecule has 0 fully saturated rings. The molecular formula is C23H28N6O2S. The highest BCUT2D eigenvalue weighted by atomic mass is 32.2. The van der Waals surface area contributed by atoms with Gasteiger partial charge in [0, 0.05) is 37.2 Å². The highest BCUT2D eigenvalue weighted by Gasteiger charge is 2.24. The van der Waals surface area contributed by atoms with Gasteiger partial charge in [-0.2, -0.15) is 0 Å². The molecule has 0 aliphatic heterocycles. The van der Waals surface area contributed by atoms with Gasteiger partial charge >= 0.3 is 0 Å². The van der Waals surface area contributed by atoms with Crippen molar-refractivity contribution in [2.75, 3.05) is 18.9 Å². The number of thioether (sulfide) groups is 1. The van der Waals surface area contributed by atoms with Crippen molar-refractivity contribution >= 4 is 29.3 Å². The predicted octanol–water partition coefficient (Wildman–Crippen LogP) is 3.50. The Morgan fingerprint density at radius 1 is 1.12 bits per heavy atom. The first kappa shape index (κ1) is 23.5. The maximum Gasteiger partial charge on any atom is 0.243 e. The second kappa shape index (κ2) is 10.9. The SMILES string of the molecule is CCc1ccccc1NC(=O)CN(C)C(=O)C(C)Sc1nnc(-c2ccncc2)n1CC. The van der Waals surface area contributed by atoms with E-state index in [1.165, 1.54) is 16.7 Å². The number of rotatable bonds is 9. The maximum atomic E-state index is 12.9. The lowest BCUT2D eigenvalue weighted by atomic mass is 10.1. The van der Waals surface area contributed by atoms with Gasteiger partial charge in [0.2, 0.25) is 11.8 Å². The zero-order valence-electron chi connectivity index (χ0n) is 18.8. The van der Waals surface area contributed by atoms with E-state index in [9.17, 15) is 9.59 Å². The van der Waals surface area contributed by atoms with Crippen LogP contribution in [0.1, 0.15) is 26.3 Å². The number of aryl methyl sites for hydroxylation is 1. The Morgan fingerprint density at radius 3 is 2.53 bits per heavy atom. The van der Waals surface area contributed by atoms with E-state index in [0.717, 1.165) is 29.1 Å². The van der Waals surface area contributed by atoms with Crippen molar-refractivity contribution in [2.24, 2.45) is 0 Å². The lowest BCUT2D eigenvalue weighted by Gasteiger charge is -2.21. The number of carbonyl (C=O) groups excluding carboxylic acids is 2. The lowest BCUT2D eigenvalue weighted by Crippen LogP contribution is -2.39. The van der Waals surface area contributed by atoms with Crippen molar-refractivity contribution in [3.8, 4) is 11.4 Å².